The van der Waals surface area contributed by atoms with E-state index < -0.39 is 0 Å². The molecule has 0 aromatic carbocycles. The van der Waals surface area contributed by atoms with Crippen LogP contribution in [0.4, 0.5) is 0 Å². The molecule has 0 aromatic rings. The lowest BCUT2D eigenvalue weighted by molar-refractivity contribution is -0.143. The molecule has 0 bridgehead atoms. The van der Waals surface area contributed by atoms with Gasteiger partial charge in [-0.25, -0.2) is 0 Å². The van der Waals surface area contributed by atoms with Crippen molar-refractivity contribution in [3.05, 3.63) is 12.2 Å². The molecule has 2 heteroatoms. The zero-order valence-corrected chi connectivity index (χ0v) is 12.7. The van der Waals surface area contributed by atoms with Crippen molar-refractivity contribution in [2.45, 2.75) is 52.9 Å². The van der Waals surface area contributed by atoms with E-state index in [1.807, 2.05) is 0 Å². The Morgan fingerprint density at radius 1 is 1.21 bits per heavy atom. The summed E-state index contributed by atoms with van der Waals surface area (Å²) in [6, 6.07) is 0. The Hall–Kier alpha value is -0.790. The van der Waals surface area contributed by atoms with Crippen LogP contribution >= 0.6 is 0 Å². The van der Waals surface area contributed by atoms with Crippen LogP contribution in [0.1, 0.15) is 52.9 Å². The standard InChI is InChI=1S/C17H28O2/c1-11(2)15-8-16-12(3)6-5-7-14(17(16)9-15)10-19-13(4)18/h12,14-17H,1,5-10H2,2-4H3. The summed E-state index contributed by atoms with van der Waals surface area (Å²) in [4.78, 5) is 11.1. The summed E-state index contributed by atoms with van der Waals surface area (Å²) >= 11 is 0. The third kappa shape index (κ3) is 3.40. The second-order valence-corrected chi connectivity index (χ2v) is 6.81. The van der Waals surface area contributed by atoms with Gasteiger partial charge in [0.25, 0.3) is 0 Å². The molecule has 0 spiro atoms. The lowest BCUT2D eigenvalue weighted by Gasteiger charge is -2.28. The van der Waals surface area contributed by atoms with E-state index in [9.17, 15) is 4.79 Å². The van der Waals surface area contributed by atoms with Gasteiger partial charge in [0.2, 0.25) is 0 Å². The normalized spacial score (nSPS) is 38.4. The quantitative estimate of drug-likeness (QED) is 0.564. The molecule has 5 unspecified atom stereocenters. The van der Waals surface area contributed by atoms with E-state index in [0.29, 0.717) is 18.4 Å². The summed E-state index contributed by atoms with van der Waals surface area (Å²) < 4.78 is 5.31. The Kier molecular flexibility index (Phi) is 4.70. The second kappa shape index (κ2) is 6.11. The molecule has 19 heavy (non-hydrogen) atoms. The highest BCUT2D eigenvalue weighted by molar-refractivity contribution is 5.65. The zero-order chi connectivity index (χ0) is 14.0. The smallest absolute Gasteiger partial charge is 0.302 e. The van der Waals surface area contributed by atoms with Gasteiger partial charge in [-0.1, -0.05) is 31.9 Å². The average Bonchev–Trinajstić information content (AvgIpc) is 2.72. The molecule has 0 N–H and O–H groups in total. The molecular weight excluding hydrogens is 236 g/mol. The maximum Gasteiger partial charge on any atom is 0.302 e. The van der Waals surface area contributed by atoms with E-state index in [0.717, 1.165) is 17.8 Å². The first-order valence-electron chi connectivity index (χ1n) is 7.77. The first kappa shape index (κ1) is 14.6. The third-order valence-electron chi connectivity index (χ3n) is 5.43. The minimum atomic E-state index is -0.136. The molecule has 2 fully saturated rings. The van der Waals surface area contributed by atoms with Gasteiger partial charge in [0.05, 0.1) is 6.61 Å². The number of allylic oxidation sites excluding steroid dienone is 1. The third-order valence-corrected chi connectivity index (χ3v) is 5.43. The summed E-state index contributed by atoms with van der Waals surface area (Å²) in [6.45, 7) is 10.9. The van der Waals surface area contributed by atoms with Crippen LogP contribution in [0.5, 0.6) is 0 Å². The van der Waals surface area contributed by atoms with Crippen LogP contribution in [0.25, 0.3) is 0 Å². The second-order valence-electron chi connectivity index (χ2n) is 6.81. The zero-order valence-electron chi connectivity index (χ0n) is 12.7. The lowest BCUT2D eigenvalue weighted by atomic mass is 9.79. The van der Waals surface area contributed by atoms with Crippen LogP contribution < -0.4 is 0 Å². The van der Waals surface area contributed by atoms with Crippen molar-refractivity contribution in [2.75, 3.05) is 6.61 Å². The maximum atomic E-state index is 11.1. The van der Waals surface area contributed by atoms with Gasteiger partial charge in [0.1, 0.15) is 0 Å². The molecule has 2 aliphatic rings. The van der Waals surface area contributed by atoms with Gasteiger partial charge in [-0.2, -0.15) is 0 Å². The first-order chi connectivity index (χ1) is 8.99. The molecule has 5 atom stereocenters. The molecule has 2 nitrogen and oxygen atoms in total. The minimum Gasteiger partial charge on any atom is -0.466 e. The number of esters is 1. The fourth-order valence-electron chi connectivity index (χ4n) is 4.26. The topological polar surface area (TPSA) is 26.3 Å². The molecule has 0 radical (unpaired) electrons. The van der Waals surface area contributed by atoms with Crippen molar-refractivity contribution in [1.29, 1.82) is 0 Å². The Labute approximate surface area is 117 Å². The number of carbonyl (C=O) groups excluding carboxylic acids is 1. The SMILES string of the molecule is C=C(C)C1CC2C(C)CCCC(COC(C)=O)C2C1. The summed E-state index contributed by atoms with van der Waals surface area (Å²) in [5, 5.41) is 0. The molecule has 2 aliphatic carbocycles. The lowest BCUT2D eigenvalue weighted by Crippen LogP contribution is -2.25. The van der Waals surface area contributed by atoms with Gasteiger partial charge in [-0.05, 0) is 55.8 Å². The molecular formula is C17H28O2. The number of rotatable bonds is 3. The van der Waals surface area contributed by atoms with E-state index >= 15 is 0 Å². The van der Waals surface area contributed by atoms with Crippen molar-refractivity contribution in [2.24, 2.45) is 29.6 Å². The van der Waals surface area contributed by atoms with E-state index in [4.69, 9.17) is 4.74 Å². The van der Waals surface area contributed by atoms with Gasteiger partial charge in [0.15, 0.2) is 0 Å². The Morgan fingerprint density at radius 2 is 1.89 bits per heavy atom. The fourth-order valence-corrected chi connectivity index (χ4v) is 4.26. The van der Waals surface area contributed by atoms with Crippen LogP contribution in [-0.4, -0.2) is 12.6 Å². The molecule has 2 saturated carbocycles. The largest absolute Gasteiger partial charge is 0.466 e. The van der Waals surface area contributed by atoms with Crippen LogP contribution in [0.2, 0.25) is 0 Å². The number of hydrogen-bond acceptors (Lipinski definition) is 2. The monoisotopic (exact) mass is 264 g/mol. The Bertz CT molecular complexity index is 347. The Morgan fingerprint density at radius 3 is 2.53 bits per heavy atom. The van der Waals surface area contributed by atoms with Crippen molar-refractivity contribution in [1.82, 2.24) is 0 Å². The van der Waals surface area contributed by atoms with E-state index in [1.54, 1.807) is 0 Å². The summed E-state index contributed by atoms with van der Waals surface area (Å²) in [5.41, 5.74) is 1.34. The van der Waals surface area contributed by atoms with Gasteiger partial charge in [-0.3, -0.25) is 4.79 Å². The van der Waals surface area contributed by atoms with Crippen LogP contribution in [-0.2, 0) is 9.53 Å². The highest BCUT2D eigenvalue weighted by Gasteiger charge is 2.42. The maximum absolute atomic E-state index is 11.1. The minimum absolute atomic E-state index is 0.136. The van der Waals surface area contributed by atoms with E-state index in [2.05, 4.69) is 20.4 Å². The first-order valence-corrected chi connectivity index (χ1v) is 7.77. The van der Waals surface area contributed by atoms with Crippen LogP contribution in [0, 0.1) is 29.6 Å². The molecule has 0 amide bonds. The average molecular weight is 264 g/mol. The summed E-state index contributed by atoms with van der Waals surface area (Å²) in [5.74, 6) is 3.49. The number of carbonyl (C=O) groups is 1. The summed E-state index contributed by atoms with van der Waals surface area (Å²) in [6.07, 6.45) is 6.41. The predicted molar refractivity (Wildman–Crippen MR) is 77.7 cm³/mol. The number of hydrogen-bond donors (Lipinski definition) is 0. The summed E-state index contributed by atoms with van der Waals surface area (Å²) in [7, 11) is 0. The van der Waals surface area contributed by atoms with Crippen molar-refractivity contribution in [3.8, 4) is 0 Å². The van der Waals surface area contributed by atoms with Crippen molar-refractivity contribution >= 4 is 5.97 Å². The Balaban J connectivity index is 2.07. The van der Waals surface area contributed by atoms with Crippen LogP contribution in [0.3, 0.4) is 0 Å². The molecule has 108 valence electrons. The molecule has 0 saturated heterocycles. The van der Waals surface area contributed by atoms with Gasteiger partial charge >= 0.3 is 5.97 Å². The molecule has 0 aliphatic heterocycles. The number of ether oxygens (including phenoxy) is 1. The van der Waals surface area contributed by atoms with Gasteiger partial charge in [0, 0.05) is 6.92 Å². The van der Waals surface area contributed by atoms with Gasteiger partial charge in [-0.15, -0.1) is 0 Å². The molecule has 2 rings (SSSR count). The highest BCUT2D eigenvalue weighted by Crippen LogP contribution is 2.50. The van der Waals surface area contributed by atoms with E-state index in [-0.39, 0.29) is 5.97 Å². The molecule has 0 aromatic heterocycles. The van der Waals surface area contributed by atoms with Crippen molar-refractivity contribution < 1.29 is 9.53 Å². The van der Waals surface area contributed by atoms with Crippen LogP contribution in [0.15, 0.2) is 12.2 Å². The predicted octanol–water partition coefficient (Wildman–Crippen LogP) is 4.20. The molecule has 0 heterocycles. The fraction of sp³-hybridized carbons (Fsp3) is 0.824. The highest BCUT2D eigenvalue weighted by atomic mass is 16.5. The van der Waals surface area contributed by atoms with Crippen molar-refractivity contribution in [3.63, 3.8) is 0 Å². The van der Waals surface area contributed by atoms with E-state index in [1.165, 1.54) is 44.6 Å². The number of fused-ring (bicyclic) bond motifs is 1. The van der Waals surface area contributed by atoms with Gasteiger partial charge < -0.3 is 4.74 Å².